The third-order valence-electron chi connectivity index (χ3n) is 11.0. The van der Waals surface area contributed by atoms with Gasteiger partial charge < -0.3 is 19.1 Å². The minimum absolute atomic E-state index is 0.0117. The van der Waals surface area contributed by atoms with Crippen LogP contribution in [0.15, 0.2) is 59.1 Å². The Kier molecular flexibility index (Phi) is 9.96. The number of aryl methyl sites for hydroxylation is 2. The van der Waals surface area contributed by atoms with Crippen molar-refractivity contribution >= 4 is 44.8 Å². The molecule has 1 aromatic heterocycles. The second kappa shape index (κ2) is 14.3. The average Bonchev–Trinajstić information content (AvgIpc) is 3.42. The molecule has 14 heteroatoms. The fraction of sp³-hybridized carbons (Fsp3) is 0.474. The van der Waals surface area contributed by atoms with Gasteiger partial charge >= 0.3 is 0 Å². The van der Waals surface area contributed by atoms with Gasteiger partial charge in [0, 0.05) is 55.4 Å². The van der Waals surface area contributed by atoms with Crippen molar-refractivity contribution in [3.63, 3.8) is 0 Å². The zero-order valence-electron chi connectivity index (χ0n) is 29.8. The number of nitrogens with zero attached hydrogens (tertiary/aromatic N) is 4. The molecule has 0 unspecified atom stereocenters. The van der Waals surface area contributed by atoms with Crippen LogP contribution in [0, 0.1) is 17.8 Å². The molecule has 0 radical (unpaired) electrons. The molecule has 3 heterocycles. The number of amides is 2. The summed E-state index contributed by atoms with van der Waals surface area (Å²) >= 11 is 6.44. The zero-order valence-corrected chi connectivity index (χ0v) is 31.4. The Bertz CT molecular complexity index is 2070. The summed E-state index contributed by atoms with van der Waals surface area (Å²) in [5, 5.41) is 4.82. The van der Waals surface area contributed by atoms with Crippen molar-refractivity contribution in [2.75, 3.05) is 44.6 Å². The number of hydrogen-bond acceptors (Lipinski definition) is 9. The van der Waals surface area contributed by atoms with Crippen LogP contribution in [-0.4, -0.2) is 77.4 Å². The van der Waals surface area contributed by atoms with Crippen molar-refractivity contribution < 1.29 is 32.8 Å². The van der Waals surface area contributed by atoms with E-state index in [0.29, 0.717) is 30.5 Å². The maximum Gasteiger partial charge on any atom is 0.286 e. The maximum atomic E-state index is 14.6. The first kappa shape index (κ1) is 36.2. The number of aromatic nitrogens is 2. The van der Waals surface area contributed by atoms with E-state index in [1.807, 2.05) is 6.07 Å². The van der Waals surface area contributed by atoms with E-state index >= 15 is 0 Å². The highest BCUT2D eigenvalue weighted by Crippen LogP contribution is 2.47. The number of benzene rings is 2. The number of rotatable bonds is 4. The summed E-state index contributed by atoms with van der Waals surface area (Å²) in [7, 11) is 0.777. The molecule has 52 heavy (non-hydrogen) atoms. The quantitative estimate of drug-likeness (QED) is 0.375. The maximum absolute atomic E-state index is 14.6. The van der Waals surface area contributed by atoms with Crippen LogP contribution in [0.4, 0.5) is 5.69 Å². The molecule has 276 valence electrons. The molecule has 1 saturated carbocycles. The molecule has 1 N–H and O–H groups in total. The molecule has 1 fully saturated rings. The molecule has 2 aliphatic carbocycles. The summed E-state index contributed by atoms with van der Waals surface area (Å²) in [5.41, 5.74) is 3.08. The van der Waals surface area contributed by atoms with E-state index in [0.717, 1.165) is 37.8 Å². The molecule has 0 saturated heterocycles. The first-order chi connectivity index (χ1) is 24.9. The van der Waals surface area contributed by atoms with Crippen LogP contribution >= 0.6 is 11.6 Å². The number of carbonyl (C=O) groups is 3. The summed E-state index contributed by atoms with van der Waals surface area (Å²) in [6.45, 7) is 3.39. The van der Waals surface area contributed by atoms with Gasteiger partial charge in [-0.05, 0) is 91.5 Å². The number of halogens is 1. The van der Waals surface area contributed by atoms with E-state index in [-0.39, 0.29) is 46.1 Å². The average molecular weight is 750 g/mol. The predicted molar refractivity (Wildman–Crippen MR) is 198 cm³/mol. The Morgan fingerprint density at radius 1 is 1.15 bits per heavy atom. The lowest BCUT2D eigenvalue weighted by Crippen LogP contribution is -2.49. The summed E-state index contributed by atoms with van der Waals surface area (Å²) in [5.74, 6) is -2.06. The molecule has 2 bridgehead atoms. The molecule has 2 aromatic carbocycles. The fourth-order valence-corrected chi connectivity index (χ4v) is 10.2. The van der Waals surface area contributed by atoms with Crippen LogP contribution in [0.1, 0.15) is 64.4 Å². The minimum Gasteiger partial charge on any atom is -0.490 e. The number of methoxy groups -OCH3 is 2. The van der Waals surface area contributed by atoms with Crippen LogP contribution in [0.25, 0.3) is 0 Å². The fourth-order valence-electron chi connectivity index (χ4n) is 8.22. The zero-order chi connectivity index (χ0) is 36.8. The second-order valence-corrected chi connectivity index (χ2v) is 16.9. The molecule has 2 amide bonds. The Balaban J connectivity index is 1.32. The van der Waals surface area contributed by atoms with Gasteiger partial charge in [0.05, 0.1) is 31.3 Å². The summed E-state index contributed by atoms with van der Waals surface area (Å²) in [4.78, 5) is 43.3. The summed E-state index contributed by atoms with van der Waals surface area (Å²) in [6, 6.07) is 11.3. The van der Waals surface area contributed by atoms with Crippen LogP contribution < -0.4 is 19.1 Å². The van der Waals surface area contributed by atoms with E-state index in [1.165, 1.54) is 35.2 Å². The molecule has 3 aromatic rings. The second-order valence-electron chi connectivity index (χ2n) is 14.5. The third kappa shape index (κ3) is 6.97. The number of nitrogens with one attached hydrogen (secondary N) is 1. The lowest BCUT2D eigenvalue weighted by Gasteiger charge is -2.46. The van der Waals surface area contributed by atoms with Crippen LogP contribution in [0.5, 0.6) is 11.6 Å². The molecule has 7 rings (SSSR count). The van der Waals surface area contributed by atoms with Crippen molar-refractivity contribution in [2.24, 2.45) is 29.2 Å². The SMILES string of the molecule is COc1nn(C)cc1C(=O)N[S@@]1(=O)=NC(=O)c2ccc3c(c2)N(C[C@@H]2CC[C@H]2[C@@H](OC)/C=C/C(=O)[C@H](C)C1)C[C@@]1(CCCc2cc(Cl)ccc21)CO3. The number of hydrogen-bond donors (Lipinski definition) is 1. The van der Waals surface area contributed by atoms with E-state index in [4.69, 9.17) is 25.8 Å². The molecule has 6 atom stereocenters. The third-order valence-corrected chi connectivity index (χ3v) is 13.2. The predicted octanol–water partition coefficient (Wildman–Crippen LogP) is 5.32. The van der Waals surface area contributed by atoms with Gasteiger partial charge in [-0.2, -0.15) is 0 Å². The van der Waals surface area contributed by atoms with E-state index < -0.39 is 33.4 Å². The van der Waals surface area contributed by atoms with Gasteiger partial charge in [0.1, 0.15) is 21.2 Å². The molecular formula is C38H44ClN5O7S. The van der Waals surface area contributed by atoms with Gasteiger partial charge in [0.15, 0.2) is 5.78 Å². The smallest absolute Gasteiger partial charge is 0.286 e. The lowest BCUT2D eigenvalue weighted by molar-refractivity contribution is -0.117. The number of allylic oxidation sites excluding steroid dienone is 1. The Morgan fingerprint density at radius 2 is 1.98 bits per heavy atom. The first-order valence-electron chi connectivity index (χ1n) is 17.7. The Morgan fingerprint density at radius 3 is 2.73 bits per heavy atom. The minimum atomic E-state index is -3.85. The van der Waals surface area contributed by atoms with Gasteiger partial charge in [0.25, 0.3) is 11.8 Å². The van der Waals surface area contributed by atoms with Crippen LogP contribution in [0.2, 0.25) is 5.02 Å². The largest absolute Gasteiger partial charge is 0.490 e. The first-order valence-corrected chi connectivity index (χ1v) is 19.7. The van der Waals surface area contributed by atoms with Gasteiger partial charge in [0.2, 0.25) is 5.88 Å². The Labute approximate surface area is 309 Å². The lowest BCUT2D eigenvalue weighted by atomic mass is 9.68. The summed E-state index contributed by atoms with van der Waals surface area (Å²) in [6.07, 6.45) is 9.14. The van der Waals surface area contributed by atoms with Gasteiger partial charge in [-0.1, -0.05) is 30.7 Å². The molecule has 1 spiro atoms. The Hall–Kier alpha value is -4.20. The van der Waals surface area contributed by atoms with Crippen molar-refractivity contribution in [3.05, 3.63) is 82.0 Å². The monoisotopic (exact) mass is 749 g/mol. The number of carbonyl (C=O) groups excluding carboxylic acids is 3. The molecular weight excluding hydrogens is 706 g/mol. The molecule has 12 nitrogen and oxygen atoms in total. The highest BCUT2D eigenvalue weighted by molar-refractivity contribution is 7.92. The van der Waals surface area contributed by atoms with Crippen LogP contribution in [-0.2, 0) is 38.3 Å². The highest BCUT2D eigenvalue weighted by Gasteiger charge is 2.44. The van der Waals surface area contributed by atoms with Crippen molar-refractivity contribution in [3.8, 4) is 11.6 Å². The number of ether oxygens (including phenoxy) is 3. The van der Waals surface area contributed by atoms with Crippen molar-refractivity contribution in [1.29, 1.82) is 0 Å². The van der Waals surface area contributed by atoms with E-state index in [9.17, 15) is 18.6 Å². The standard InChI is InChI=1S/C38H44ClN5O7S/c1-23-20-52(48,42-36(47)29-19-43(2)40-37(29)50-4)41-35(46)25-8-13-34-31(17-25)44(18-26-7-10-28(26)33(49-3)14-12-32(23)45)21-38(22-51-34)15-5-6-24-16-27(39)9-11-30(24)38/h8-9,11-14,16-17,19,23,26,28,33H,5-7,10,15,18,20-22H2,1-4H3,(H,41,42,46,47,48)/b14-12+/t23-,26+,28-,33+,38+,52+/m1/s1. The highest BCUT2D eigenvalue weighted by atomic mass is 35.5. The van der Waals surface area contributed by atoms with Gasteiger partial charge in [-0.3, -0.25) is 23.8 Å². The van der Waals surface area contributed by atoms with E-state index in [1.54, 1.807) is 45.4 Å². The van der Waals surface area contributed by atoms with Gasteiger partial charge in [-0.15, -0.1) is 9.46 Å². The molecule has 2 aliphatic heterocycles. The number of ketones is 1. The normalized spacial score (nSPS) is 29.4. The number of fused-ring (bicyclic) bond motifs is 4. The summed E-state index contributed by atoms with van der Waals surface area (Å²) < 4.78 is 40.4. The van der Waals surface area contributed by atoms with Crippen LogP contribution in [0.3, 0.4) is 0 Å². The van der Waals surface area contributed by atoms with E-state index in [2.05, 4.69) is 31.2 Å². The van der Waals surface area contributed by atoms with Crippen molar-refractivity contribution in [2.45, 2.75) is 50.5 Å². The van der Waals surface area contributed by atoms with Gasteiger partial charge in [-0.25, -0.2) is 4.21 Å². The topological polar surface area (TPSA) is 141 Å². The molecule has 4 aliphatic rings. The number of anilines is 1. The van der Waals surface area contributed by atoms with Crippen molar-refractivity contribution in [1.82, 2.24) is 14.5 Å².